The summed E-state index contributed by atoms with van der Waals surface area (Å²) < 4.78 is 0. The van der Waals surface area contributed by atoms with Crippen molar-refractivity contribution in [3.8, 4) is 0 Å². The summed E-state index contributed by atoms with van der Waals surface area (Å²) in [7, 11) is 0. The average molecular weight is 477 g/mol. The van der Waals surface area contributed by atoms with Gasteiger partial charge in [-0.3, -0.25) is 0 Å². The minimum atomic E-state index is -3.05. The topological polar surface area (TPSA) is 0 Å². The van der Waals surface area contributed by atoms with Gasteiger partial charge in [-0.2, -0.15) is 0 Å². The van der Waals surface area contributed by atoms with Crippen LogP contribution in [-0.2, 0) is 0 Å². The molecule has 0 heterocycles. The molecule has 0 aromatic heterocycles. The van der Waals surface area contributed by atoms with E-state index in [1.54, 1.807) is 0 Å². The first-order valence-corrected chi connectivity index (χ1v) is 14.9. The molecule has 0 spiro atoms. The van der Waals surface area contributed by atoms with E-state index in [1.807, 2.05) is 0 Å². The zero-order chi connectivity index (χ0) is 21.5. The second kappa shape index (κ2) is 7.63. The van der Waals surface area contributed by atoms with Crippen LogP contribution >= 0.6 is 20.8 Å². The molecule has 0 amide bonds. The van der Waals surface area contributed by atoms with Gasteiger partial charge < -0.3 is 0 Å². The zero-order valence-corrected chi connectivity index (χ0v) is 21.0. The fourth-order valence-electron chi connectivity index (χ4n) is 5.22. The summed E-state index contributed by atoms with van der Waals surface area (Å²) >= 11 is 4.67. The van der Waals surface area contributed by atoms with Crippen molar-refractivity contribution in [3.63, 3.8) is 0 Å². The van der Waals surface area contributed by atoms with E-state index in [0.29, 0.717) is 0 Å². The molecule has 0 unspecified atom stereocenters. The Balaban J connectivity index is 2.31. The van der Waals surface area contributed by atoms with E-state index in [-0.39, 0.29) is 5.66 Å². The summed E-state index contributed by atoms with van der Waals surface area (Å²) in [6, 6.07) is 22.3. The van der Waals surface area contributed by atoms with Crippen molar-refractivity contribution in [1.29, 1.82) is 0 Å². The second-order valence-corrected chi connectivity index (χ2v) is 17.1. The van der Waals surface area contributed by atoms with E-state index >= 15 is 0 Å². The van der Waals surface area contributed by atoms with Crippen molar-refractivity contribution in [2.45, 2.75) is 40.3 Å². The van der Waals surface area contributed by atoms with Gasteiger partial charge in [-0.25, -0.2) is 0 Å². The third-order valence-corrected chi connectivity index (χ3v) is 17.8. The van der Waals surface area contributed by atoms with Gasteiger partial charge in [-0.05, 0) is 0 Å². The SMILES string of the molecule is Cc1c(C)c(C)c(P(Br)(c2ccccc2)(c2ccccc2)C2C=CC=C2)c(C)c1C. The molecule has 0 fully saturated rings. The third-order valence-electron chi connectivity index (χ3n) is 7.21. The number of benzene rings is 3. The van der Waals surface area contributed by atoms with Crippen molar-refractivity contribution >= 4 is 36.7 Å². The van der Waals surface area contributed by atoms with Gasteiger partial charge in [0.1, 0.15) is 0 Å². The van der Waals surface area contributed by atoms with Crippen LogP contribution in [0.2, 0.25) is 0 Å². The zero-order valence-electron chi connectivity index (χ0n) is 18.5. The molecule has 0 N–H and O–H groups in total. The fraction of sp³-hybridized carbons (Fsp3) is 0.214. The van der Waals surface area contributed by atoms with E-state index in [4.69, 9.17) is 0 Å². The summed E-state index contributed by atoms with van der Waals surface area (Å²) in [6.45, 7) is 11.5. The normalized spacial score (nSPS) is 15.3. The van der Waals surface area contributed by atoms with E-state index in [0.717, 1.165) is 0 Å². The first-order valence-electron chi connectivity index (χ1n) is 10.6. The molecule has 0 atom stereocenters. The van der Waals surface area contributed by atoms with Gasteiger partial charge in [0.15, 0.2) is 0 Å². The summed E-state index contributed by atoms with van der Waals surface area (Å²) in [4.78, 5) is 0. The number of hydrogen-bond acceptors (Lipinski definition) is 0. The molecule has 3 aromatic rings. The molecule has 0 saturated carbocycles. The summed E-state index contributed by atoms with van der Waals surface area (Å²) in [6.07, 6.45) is 9.18. The van der Waals surface area contributed by atoms with Gasteiger partial charge in [0.05, 0.1) is 0 Å². The van der Waals surface area contributed by atoms with E-state index < -0.39 is 5.31 Å². The second-order valence-electron chi connectivity index (χ2n) is 8.48. The van der Waals surface area contributed by atoms with Crippen LogP contribution in [0.25, 0.3) is 0 Å². The molecule has 30 heavy (non-hydrogen) atoms. The summed E-state index contributed by atoms with van der Waals surface area (Å²) in [5.74, 6) is 0. The molecule has 4 rings (SSSR count). The molecule has 1 aliphatic carbocycles. The van der Waals surface area contributed by atoms with Crippen molar-refractivity contribution in [2.75, 3.05) is 0 Å². The Bertz CT molecular complexity index is 1080. The summed E-state index contributed by atoms with van der Waals surface area (Å²) in [5.41, 5.74) is 7.29. The van der Waals surface area contributed by atoms with E-state index in [2.05, 4.69) is 135 Å². The average Bonchev–Trinajstić information content (AvgIpc) is 3.34. The molecule has 0 aliphatic heterocycles. The first kappa shape index (κ1) is 21.3. The quantitative estimate of drug-likeness (QED) is 0.360. The van der Waals surface area contributed by atoms with Gasteiger partial charge in [0.2, 0.25) is 0 Å². The molecule has 2 heteroatoms. The van der Waals surface area contributed by atoms with Gasteiger partial charge in [-0.1, -0.05) is 0 Å². The summed E-state index contributed by atoms with van der Waals surface area (Å²) in [5, 5.41) is 1.19. The van der Waals surface area contributed by atoms with Crippen LogP contribution < -0.4 is 15.9 Å². The predicted molar refractivity (Wildman–Crippen MR) is 140 cm³/mol. The van der Waals surface area contributed by atoms with Crippen LogP contribution in [0, 0.1) is 34.6 Å². The standard InChI is InChI=1S/C28H30BrP/c1-20-21(2)23(4)28(24(5)22(20)3)30(29,27-18-12-13-19-27,25-14-8-6-9-15-25)26-16-10-7-11-17-26/h6-19,27H,1-5H3. The van der Waals surface area contributed by atoms with Crippen molar-refractivity contribution in [3.05, 3.63) is 113 Å². The maximum absolute atomic E-state index is 4.67. The Kier molecular flexibility index (Phi) is 5.41. The molecule has 154 valence electrons. The van der Waals surface area contributed by atoms with Gasteiger partial charge in [-0.15, -0.1) is 0 Å². The molecule has 1 aliphatic rings. The number of rotatable bonds is 4. The first-order chi connectivity index (χ1) is 14.3. The predicted octanol–water partition coefficient (Wildman–Crippen LogP) is 6.86. The molecule has 0 saturated heterocycles. The van der Waals surface area contributed by atoms with Crippen LogP contribution in [0.3, 0.4) is 0 Å². The number of hydrogen-bond donors (Lipinski definition) is 0. The minimum absolute atomic E-state index is 0.264. The van der Waals surface area contributed by atoms with Crippen molar-refractivity contribution < 1.29 is 0 Å². The van der Waals surface area contributed by atoms with Crippen LogP contribution in [0.15, 0.2) is 85.0 Å². The van der Waals surface area contributed by atoms with Crippen LogP contribution in [0.4, 0.5) is 0 Å². The van der Waals surface area contributed by atoms with Gasteiger partial charge >= 0.3 is 190 Å². The van der Waals surface area contributed by atoms with Crippen LogP contribution in [-0.4, -0.2) is 5.66 Å². The molecular weight excluding hydrogens is 447 g/mol. The Morgan fingerprint density at radius 3 is 1.33 bits per heavy atom. The molecule has 0 nitrogen and oxygen atoms in total. The number of halogens is 1. The monoisotopic (exact) mass is 476 g/mol. The maximum atomic E-state index is 4.67. The van der Waals surface area contributed by atoms with Crippen molar-refractivity contribution in [1.82, 2.24) is 0 Å². The Morgan fingerprint density at radius 2 is 0.933 bits per heavy atom. The van der Waals surface area contributed by atoms with Crippen molar-refractivity contribution in [2.24, 2.45) is 0 Å². The fourth-order valence-corrected chi connectivity index (χ4v) is 14.9. The Labute approximate surface area is 189 Å². The molecule has 3 aromatic carbocycles. The number of allylic oxidation sites excluding steroid dienone is 4. The van der Waals surface area contributed by atoms with Gasteiger partial charge in [0, 0.05) is 0 Å². The molecule has 0 radical (unpaired) electrons. The Morgan fingerprint density at radius 1 is 0.567 bits per heavy atom. The van der Waals surface area contributed by atoms with E-state index in [1.165, 1.54) is 43.7 Å². The molecule has 0 bridgehead atoms. The van der Waals surface area contributed by atoms with E-state index in [9.17, 15) is 0 Å². The van der Waals surface area contributed by atoms with Crippen LogP contribution in [0.5, 0.6) is 0 Å². The third kappa shape index (κ3) is 2.75. The van der Waals surface area contributed by atoms with Crippen LogP contribution in [0.1, 0.15) is 27.8 Å². The van der Waals surface area contributed by atoms with Gasteiger partial charge in [0.25, 0.3) is 0 Å². The Hall–Kier alpha value is -1.95. The molecular formula is C28H30BrP.